The van der Waals surface area contributed by atoms with Crippen molar-refractivity contribution in [2.75, 3.05) is 45.8 Å². The van der Waals surface area contributed by atoms with Crippen molar-refractivity contribution in [2.24, 2.45) is 5.92 Å². The highest BCUT2D eigenvalue weighted by atomic mass is 16.2. The van der Waals surface area contributed by atoms with Gasteiger partial charge in [-0.1, -0.05) is 32.6 Å². The summed E-state index contributed by atoms with van der Waals surface area (Å²) in [6, 6.07) is 0. The van der Waals surface area contributed by atoms with Gasteiger partial charge in [0.2, 0.25) is 5.91 Å². The first kappa shape index (κ1) is 16.8. The van der Waals surface area contributed by atoms with Crippen LogP contribution in [0.2, 0.25) is 0 Å². The molecule has 2 fully saturated rings. The molecule has 0 aromatic heterocycles. The number of piperazine rings is 1. The predicted octanol–water partition coefficient (Wildman–Crippen LogP) is 2.10. The Hall–Kier alpha value is -0.610. The summed E-state index contributed by atoms with van der Waals surface area (Å²) in [4.78, 5) is 16.7. The molecule has 0 aromatic carbocycles. The molecule has 1 amide bonds. The average Bonchev–Trinajstić information content (AvgIpc) is 2.51. The van der Waals surface area contributed by atoms with Gasteiger partial charge >= 0.3 is 0 Å². The summed E-state index contributed by atoms with van der Waals surface area (Å²) in [6.45, 7) is 9.23. The number of rotatable bonds is 7. The van der Waals surface area contributed by atoms with E-state index in [0.717, 1.165) is 51.5 Å². The molecule has 0 bridgehead atoms. The zero-order valence-electron chi connectivity index (χ0n) is 13.8. The number of nitrogens with zero attached hydrogens (tertiary/aromatic N) is 2. The molecule has 0 aromatic rings. The van der Waals surface area contributed by atoms with Crippen LogP contribution in [0.3, 0.4) is 0 Å². The summed E-state index contributed by atoms with van der Waals surface area (Å²) < 4.78 is 0. The van der Waals surface area contributed by atoms with Gasteiger partial charge in [0.05, 0.1) is 6.54 Å². The van der Waals surface area contributed by atoms with Gasteiger partial charge in [-0.05, 0) is 25.2 Å². The minimum absolute atomic E-state index is 0.198. The normalized spacial score (nSPS) is 22.3. The lowest BCUT2D eigenvalue weighted by molar-refractivity contribution is -0.122. The van der Waals surface area contributed by atoms with Crippen LogP contribution in [0.5, 0.6) is 0 Å². The van der Waals surface area contributed by atoms with Crippen LogP contribution < -0.4 is 5.32 Å². The van der Waals surface area contributed by atoms with Crippen LogP contribution >= 0.6 is 0 Å². The molecule has 2 aliphatic rings. The number of unbranched alkanes of at least 4 members (excludes halogenated alkanes) is 1. The molecule has 0 spiro atoms. The molecule has 0 unspecified atom stereocenters. The highest BCUT2D eigenvalue weighted by Crippen LogP contribution is 2.24. The highest BCUT2D eigenvalue weighted by molar-refractivity contribution is 5.77. The van der Waals surface area contributed by atoms with E-state index in [0.29, 0.717) is 6.54 Å². The Morgan fingerprint density at radius 1 is 1.05 bits per heavy atom. The summed E-state index contributed by atoms with van der Waals surface area (Å²) in [6.07, 6.45) is 9.39. The summed E-state index contributed by atoms with van der Waals surface area (Å²) in [5.74, 6) is 1.13. The number of carbonyl (C=O) groups excluding carboxylic acids is 1. The smallest absolute Gasteiger partial charge is 0.234 e. The van der Waals surface area contributed by atoms with Gasteiger partial charge in [-0.3, -0.25) is 9.69 Å². The van der Waals surface area contributed by atoms with E-state index < -0.39 is 0 Å². The lowest BCUT2D eigenvalue weighted by Gasteiger charge is -2.37. The first-order valence-corrected chi connectivity index (χ1v) is 8.99. The van der Waals surface area contributed by atoms with Crippen LogP contribution in [0.4, 0.5) is 0 Å². The topological polar surface area (TPSA) is 35.6 Å². The number of nitrogens with one attached hydrogen (secondary N) is 1. The van der Waals surface area contributed by atoms with Crippen molar-refractivity contribution < 1.29 is 4.79 Å². The maximum absolute atomic E-state index is 11.8. The molecule has 1 N–H and O–H groups in total. The van der Waals surface area contributed by atoms with Crippen molar-refractivity contribution >= 4 is 5.91 Å². The Kier molecular flexibility index (Phi) is 7.51. The third-order valence-electron chi connectivity index (χ3n) is 4.93. The predicted molar refractivity (Wildman–Crippen MR) is 87.4 cm³/mol. The summed E-state index contributed by atoms with van der Waals surface area (Å²) >= 11 is 0. The minimum Gasteiger partial charge on any atom is -0.355 e. The van der Waals surface area contributed by atoms with Crippen molar-refractivity contribution in [2.45, 2.75) is 51.9 Å². The second kappa shape index (κ2) is 9.42. The van der Waals surface area contributed by atoms with Gasteiger partial charge in [0, 0.05) is 39.3 Å². The van der Waals surface area contributed by atoms with Crippen molar-refractivity contribution in [3.8, 4) is 0 Å². The second-order valence-electron chi connectivity index (χ2n) is 6.78. The van der Waals surface area contributed by atoms with Gasteiger partial charge < -0.3 is 10.2 Å². The number of hydrogen-bond donors (Lipinski definition) is 1. The van der Waals surface area contributed by atoms with E-state index in [1.54, 1.807) is 0 Å². The van der Waals surface area contributed by atoms with Crippen molar-refractivity contribution in [1.29, 1.82) is 0 Å². The van der Waals surface area contributed by atoms with Gasteiger partial charge in [-0.15, -0.1) is 0 Å². The van der Waals surface area contributed by atoms with E-state index >= 15 is 0 Å². The largest absolute Gasteiger partial charge is 0.355 e. The average molecular weight is 295 g/mol. The fourth-order valence-electron chi connectivity index (χ4n) is 3.53. The van der Waals surface area contributed by atoms with Gasteiger partial charge in [-0.25, -0.2) is 0 Å². The maximum atomic E-state index is 11.8. The van der Waals surface area contributed by atoms with E-state index in [1.807, 2.05) is 0 Å². The Bertz CT molecular complexity index is 294. The van der Waals surface area contributed by atoms with Crippen LogP contribution in [-0.2, 0) is 4.79 Å². The summed E-state index contributed by atoms with van der Waals surface area (Å²) in [5, 5.41) is 3.01. The monoisotopic (exact) mass is 295 g/mol. The standard InChI is InChI=1S/C17H33N3O/c1-2-3-9-18-17(21)15-20-12-10-19(11-13-20)14-16-7-5-4-6-8-16/h16H,2-15H2,1H3,(H,18,21). The SMILES string of the molecule is CCCCNC(=O)CN1CCN(CC2CCCCC2)CC1. The molecule has 0 radical (unpaired) electrons. The van der Waals surface area contributed by atoms with E-state index in [-0.39, 0.29) is 5.91 Å². The quantitative estimate of drug-likeness (QED) is 0.731. The molecule has 1 saturated carbocycles. The molecule has 4 heteroatoms. The minimum atomic E-state index is 0.198. The Morgan fingerprint density at radius 3 is 2.38 bits per heavy atom. The second-order valence-corrected chi connectivity index (χ2v) is 6.78. The van der Waals surface area contributed by atoms with Crippen molar-refractivity contribution in [3.63, 3.8) is 0 Å². The van der Waals surface area contributed by atoms with Crippen LogP contribution in [0.25, 0.3) is 0 Å². The lowest BCUT2D eigenvalue weighted by atomic mass is 9.89. The molecule has 1 aliphatic heterocycles. The number of hydrogen-bond acceptors (Lipinski definition) is 3. The molecular weight excluding hydrogens is 262 g/mol. The molecule has 0 atom stereocenters. The fourth-order valence-corrected chi connectivity index (χ4v) is 3.53. The molecule has 2 rings (SSSR count). The maximum Gasteiger partial charge on any atom is 0.234 e. The third kappa shape index (κ3) is 6.35. The van der Waals surface area contributed by atoms with E-state index in [1.165, 1.54) is 38.6 Å². The fraction of sp³-hybridized carbons (Fsp3) is 0.941. The molecule has 4 nitrogen and oxygen atoms in total. The van der Waals surface area contributed by atoms with Gasteiger partial charge in [-0.2, -0.15) is 0 Å². The van der Waals surface area contributed by atoms with Crippen molar-refractivity contribution in [3.05, 3.63) is 0 Å². The molecule has 1 heterocycles. The summed E-state index contributed by atoms with van der Waals surface area (Å²) in [7, 11) is 0. The van der Waals surface area contributed by atoms with Crippen LogP contribution in [0, 0.1) is 5.92 Å². The van der Waals surface area contributed by atoms with E-state index in [4.69, 9.17) is 0 Å². The van der Waals surface area contributed by atoms with Crippen LogP contribution in [0.15, 0.2) is 0 Å². The first-order chi connectivity index (χ1) is 10.3. The molecular formula is C17H33N3O. The zero-order valence-corrected chi connectivity index (χ0v) is 13.8. The molecule has 21 heavy (non-hydrogen) atoms. The Labute approximate surface area is 130 Å². The third-order valence-corrected chi connectivity index (χ3v) is 4.93. The van der Waals surface area contributed by atoms with Crippen LogP contribution in [0.1, 0.15) is 51.9 Å². The zero-order chi connectivity index (χ0) is 14.9. The molecule has 1 aliphatic carbocycles. The van der Waals surface area contributed by atoms with Crippen molar-refractivity contribution in [1.82, 2.24) is 15.1 Å². The molecule has 122 valence electrons. The van der Waals surface area contributed by atoms with Crippen LogP contribution in [-0.4, -0.2) is 61.5 Å². The highest BCUT2D eigenvalue weighted by Gasteiger charge is 2.22. The first-order valence-electron chi connectivity index (χ1n) is 8.99. The van der Waals surface area contributed by atoms with Gasteiger partial charge in [0.25, 0.3) is 0 Å². The Morgan fingerprint density at radius 2 is 1.71 bits per heavy atom. The Balaban J connectivity index is 1.58. The number of amides is 1. The molecule has 1 saturated heterocycles. The van der Waals surface area contributed by atoms with E-state index in [2.05, 4.69) is 22.0 Å². The van der Waals surface area contributed by atoms with E-state index in [9.17, 15) is 4.79 Å². The summed E-state index contributed by atoms with van der Waals surface area (Å²) in [5.41, 5.74) is 0. The van der Waals surface area contributed by atoms with Gasteiger partial charge in [0.1, 0.15) is 0 Å². The number of carbonyl (C=O) groups is 1. The lowest BCUT2D eigenvalue weighted by Crippen LogP contribution is -2.50. The van der Waals surface area contributed by atoms with Gasteiger partial charge in [0.15, 0.2) is 0 Å².